The molecule has 0 radical (unpaired) electrons. The van der Waals surface area contributed by atoms with Crippen LogP contribution in [-0.4, -0.2) is 41.7 Å². The average molecular weight is 174 g/mol. The predicted octanol–water partition coefficient (Wildman–Crippen LogP) is -0.435. The molecular weight excluding hydrogens is 156 g/mol. The molecular formula is C8H18N2O2. The zero-order valence-electron chi connectivity index (χ0n) is 7.79. The van der Waals surface area contributed by atoms with Gasteiger partial charge in [-0.1, -0.05) is 0 Å². The molecule has 1 amide bonds. The van der Waals surface area contributed by atoms with Crippen LogP contribution >= 0.6 is 0 Å². The standard InChI is InChI=1S/C8H18N2O2/c1-3-10(4-2)8(12)5-7(11)6-9/h7,11H,3-6,9H2,1-2H3. The Kier molecular flexibility index (Phi) is 5.66. The highest BCUT2D eigenvalue weighted by Gasteiger charge is 2.13. The van der Waals surface area contributed by atoms with Crippen LogP contribution in [0.1, 0.15) is 20.3 Å². The largest absolute Gasteiger partial charge is 0.391 e. The molecule has 0 saturated heterocycles. The van der Waals surface area contributed by atoms with E-state index in [0.29, 0.717) is 13.1 Å². The lowest BCUT2D eigenvalue weighted by Gasteiger charge is -2.19. The highest BCUT2D eigenvalue weighted by Crippen LogP contribution is 1.97. The topological polar surface area (TPSA) is 66.6 Å². The first-order chi connectivity index (χ1) is 5.65. The number of hydrogen-bond acceptors (Lipinski definition) is 3. The van der Waals surface area contributed by atoms with E-state index in [2.05, 4.69) is 0 Å². The van der Waals surface area contributed by atoms with Crippen molar-refractivity contribution in [2.75, 3.05) is 19.6 Å². The molecule has 1 unspecified atom stereocenters. The smallest absolute Gasteiger partial charge is 0.225 e. The second-order valence-electron chi connectivity index (χ2n) is 2.66. The van der Waals surface area contributed by atoms with Crippen LogP contribution in [0.2, 0.25) is 0 Å². The lowest BCUT2D eigenvalue weighted by molar-refractivity contribution is -0.132. The Labute approximate surface area is 73.3 Å². The van der Waals surface area contributed by atoms with Crippen LogP contribution in [0, 0.1) is 0 Å². The van der Waals surface area contributed by atoms with E-state index in [1.807, 2.05) is 13.8 Å². The molecule has 0 bridgehead atoms. The molecule has 0 fully saturated rings. The first kappa shape index (κ1) is 11.4. The molecule has 0 heterocycles. The molecule has 3 N–H and O–H groups in total. The molecule has 0 aliphatic carbocycles. The average Bonchev–Trinajstić information content (AvgIpc) is 2.06. The fourth-order valence-corrected chi connectivity index (χ4v) is 0.990. The van der Waals surface area contributed by atoms with E-state index in [1.165, 1.54) is 0 Å². The second kappa shape index (κ2) is 5.97. The van der Waals surface area contributed by atoms with E-state index >= 15 is 0 Å². The van der Waals surface area contributed by atoms with Crippen molar-refractivity contribution in [2.45, 2.75) is 26.4 Å². The number of hydrogen-bond donors (Lipinski definition) is 2. The minimum atomic E-state index is -0.696. The zero-order chi connectivity index (χ0) is 9.56. The van der Waals surface area contributed by atoms with Crippen molar-refractivity contribution in [2.24, 2.45) is 5.73 Å². The SMILES string of the molecule is CCN(CC)C(=O)CC(O)CN. The molecule has 0 aromatic carbocycles. The van der Waals surface area contributed by atoms with Crippen LogP contribution in [-0.2, 0) is 4.79 Å². The lowest BCUT2D eigenvalue weighted by atomic mass is 10.2. The first-order valence-electron chi connectivity index (χ1n) is 4.31. The highest BCUT2D eigenvalue weighted by atomic mass is 16.3. The number of nitrogens with zero attached hydrogens (tertiary/aromatic N) is 1. The van der Waals surface area contributed by atoms with Gasteiger partial charge in [0.25, 0.3) is 0 Å². The Morgan fingerprint density at radius 3 is 2.33 bits per heavy atom. The van der Waals surface area contributed by atoms with Gasteiger partial charge in [-0.2, -0.15) is 0 Å². The quantitative estimate of drug-likeness (QED) is 0.594. The van der Waals surface area contributed by atoms with Crippen molar-refractivity contribution in [1.82, 2.24) is 4.90 Å². The third-order valence-electron chi connectivity index (χ3n) is 1.80. The van der Waals surface area contributed by atoms with Crippen molar-refractivity contribution in [1.29, 1.82) is 0 Å². The van der Waals surface area contributed by atoms with E-state index in [0.717, 1.165) is 0 Å². The van der Waals surface area contributed by atoms with Gasteiger partial charge in [-0.25, -0.2) is 0 Å². The van der Waals surface area contributed by atoms with Crippen LogP contribution in [0.3, 0.4) is 0 Å². The summed E-state index contributed by atoms with van der Waals surface area (Å²) in [7, 11) is 0. The molecule has 4 heteroatoms. The van der Waals surface area contributed by atoms with Crippen molar-refractivity contribution < 1.29 is 9.90 Å². The summed E-state index contributed by atoms with van der Waals surface area (Å²) in [6.45, 7) is 5.35. The molecule has 0 aromatic rings. The molecule has 72 valence electrons. The number of aliphatic hydroxyl groups excluding tert-OH is 1. The monoisotopic (exact) mass is 174 g/mol. The van der Waals surface area contributed by atoms with Gasteiger partial charge in [0.2, 0.25) is 5.91 Å². The van der Waals surface area contributed by atoms with Crippen LogP contribution < -0.4 is 5.73 Å². The van der Waals surface area contributed by atoms with Crippen molar-refractivity contribution in [3.05, 3.63) is 0 Å². The molecule has 4 nitrogen and oxygen atoms in total. The van der Waals surface area contributed by atoms with Crippen LogP contribution in [0.4, 0.5) is 0 Å². The van der Waals surface area contributed by atoms with Crippen molar-refractivity contribution in [3.63, 3.8) is 0 Å². The third-order valence-corrected chi connectivity index (χ3v) is 1.80. The summed E-state index contributed by atoms with van der Waals surface area (Å²) in [5.74, 6) is -0.0297. The van der Waals surface area contributed by atoms with Gasteiger partial charge in [0.15, 0.2) is 0 Å². The maximum Gasteiger partial charge on any atom is 0.225 e. The summed E-state index contributed by atoms with van der Waals surface area (Å²) < 4.78 is 0. The van der Waals surface area contributed by atoms with Gasteiger partial charge in [0, 0.05) is 19.6 Å². The van der Waals surface area contributed by atoms with Crippen molar-refractivity contribution >= 4 is 5.91 Å². The summed E-state index contributed by atoms with van der Waals surface area (Å²) >= 11 is 0. The van der Waals surface area contributed by atoms with Crippen molar-refractivity contribution in [3.8, 4) is 0 Å². The van der Waals surface area contributed by atoms with E-state index in [9.17, 15) is 4.79 Å². The molecule has 0 aliphatic heterocycles. The molecule has 0 rings (SSSR count). The summed E-state index contributed by atoms with van der Waals surface area (Å²) in [5.41, 5.74) is 5.18. The minimum absolute atomic E-state index is 0.0297. The summed E-state index contributed by atoms with van der Waals surface area (Å²) in [6, 6.07) is 0. The second-order valence-corrected chi connectivity index (χ2v) is 2.66. The summed E-state index contributed by atoms with van der Waals surface area (Å²) in [4.78, 5) is 13.0. The van der Waals surface area contributed by atoms with Gasteiger partial charge in [-0.3, -0.25) is 4.79 Å². The summed E-state index contributed by atoms with van der Waals surface area (Å²) in [5, 5.41) is 9.10. The first-order valence-corrected chi connectivity index (χ1v) is 4.31. The lowest BCUT2D eigenvalue weighted by Crippen LogP contribution is -2.35. The molecule has 0 spiro atoms. The van der Waals surface area contributed by atoms with Gasteiger partial charge in [-0.15, -0.1) is 0 Å². The number of carbonyl (C=O) groups excluding carboxylic acids is 1. The van der Waals surface area contributed by atoms with Gasteiger partial charge in [0.05, 0.1) is 12.5 Å². The van der Waals surface area contributed by atoms with Crippen LogP contribution in [0.25, 0.3) is 0 Å². The van der Waals surface area contributed by atoms with E-state index < -0.39 is 6.10 Å². The van der Waals surface area contributed by atoms with Gasteiger partial charge >= 0.3 is 0 Å². The number of aliphatic hydroxyl groups is 1. The number of nitrogens with two attached hydrogens (primary N) is 1. The Morgan fingerprint density at radius 2 is 2.00 bits per heavy atom. The highest BCUT2D eigenvalue weighted by molar-refractivity contribution is 5.76. The Balaban J connectivity index is 3.84. The number of carbonyl (C=O) groups is 1. The van der Waals surface area contributed by atoms with E-state index in [4.69, 9.17) is 10.8 Å². The van der Waals surface area contributed by atoms with Crippen LogP contribution in [0.5, 0.6) is 0 Å². The zero-order valence-corrected chi connectivity index (χ0v) is 7.79. The van der Waals surface area contributed by atoms with E-state index in [1.54, 1.807) is 4.90 Å². The number of rotatable bonds is 5. The Bertz CT molecular complexity index is 135. The Hall–Kier alpha value is -0.610. The Morgan fingerprint density at radius 1 is 1.50 bits per heavy atom. The fraction of sp³-hybridized carbons (Fsp3) is 0.875. The molecule has 0 aromatic heterocycles. The predicted molar refractivity (Wildman–Crippen MR) is 47.6 cm³/mol. The maximum atomic E-state index is 11.3. The molecule has 0 saturated carbocycles. The van der Waals surface area contributed by atoms with Gasteiger partial charge < -0.3 is 15.7 Å². The summed E-state index contributed by atoms with van der Waals surface area (Å²) in [6.07, 6.45) is -0.559. The van der Waals surface area contributed by atoms with Gasteiger partial charge in [-0.05, 0) is 13.8 Å². The van der Waals surface area contributed by atoms with Gasteiger partial charge in [0.1, 0.15) is 0 Å². The minimum Gasteiger partial charge on any atom is -0.391 e. The fourth-order valence-electron chi connectivity index (χ4n) is 0.990. The molecule has 12 heavy (non-hydrogen) atoms. The van der Waals surface area contributed by atoms with Crippen LogP contribution in [0.15, 0.2) is 0 Å². The third kappa shape index (κ3) is 3.69. The molecule has 1 atom stereocenters. The number of amides is 1. The molecule has 0 aliphatic rings. The van der Waals surface area contributed by atoms with E-state index in [-0.39, 0.29) is 18.9 Å². The normalized spacial score (nSPS) is 12.7. The maximum absolute atomic E-state index is 11.3.